The summed E-state index contributed by atoms with van der Waals surface area (Å²) in [5, 5.41) is 9.48. The molecule has 0 bridgehead atoms. The lowest BCUT2D eigenvalue weighted by molar-refractivity contribution is -0.142. The van der Waals surface area contributed by atoms with Crippen LogP contribution in [0.25, 0.3) is 0 Å². The molecule has 3 atom stereocenters. The number of likely N-dealkylation sites (tertiary alicyclic amines) is 1. The van der Waals surface area contributed by atoms with Crippen molar-refractivity contribution in [2.45, 2.75) is 51.5 Å². The quantitative estimate of drug-likeness (QED) is 0.479. The van der Waals surface area contributed by atoms with E-state index in [0.29, 0.717) is 18.0 Å². The number of unbranched alkanes of at least 4 members (excludes halogenated alkanes) is 2. The van der Waals surface area contributed by atoms with Crippen LogP contribution in [-0.2, 0) is 9.59 Å². The van der Waals surface area contributed by atoms with Gasteiger partial charge in [0.15, 0.2) is 11.5 Å². The van der Waals surface area contributed by atoms with Crippen LogP contribution >= 0.6 is 0 Å². The SMILES string of the molecule is C#CC1C(C(=O)O)C(c2ccc3c(c2)OCO3)CN1C.CCCCN(C=O)CCCC. The summed E-state index contributed by atoms with van der Waals surface area (Å²) in [4.78, 5) is 25.8. The first-order valence-electron chi connectivity index (χ1n) is 10.9. The molecular weight excluding hydrogens is 396 g/mol. The van der Waals surface area contributed by atoms with E-state index in [-0.39, 0.29) is 18.8 Å². The first-order valence-corrected chi connectivity index (χ1v) is 10.9. The smallest absolute Gasteiger partial charge is 0.309 e. The number of amides is 1. The number of terminal acetylenes is 1. The maximum absolute atomic E-state index is 11.6. The second-order valence-corrected chi connectivity index (χ2v) is 7.98. The molecule has 1 aromatic carbocycles. The lowest BCUT2D eigenvalue weighted by Gasteiger charge is -2.18. The van der Waals surface area contributed by atoms with Gasteiger partial charge in [-0.05, 0) is 37.6 Å². The number of fused-ring (bicyclic) bond motifs is 1. The van der Waals surface area contributed by atoms with Gasteiger partial charge in [0, 0.05) is 25.6 Å². The summed E-state index contributed by atoms with van der Waals surface area (Å²) in [5.74, 6) is 2.33. The van der Waals surface area contributed by atoms with Crippen LogP contribution in [-0.4, -0.2) is 66.8 Å². The summed E-state index contributed by atoms with van der Waals surface area (Å²) < 4.78 is 10.6. The van der Waals surface area contributed by atoms with E-state index in [2.05, 4.69) is 19.8 Å². The predicted molar refractivity (Wildman–Crippen MR) is 119 cm³/mol. The molecule has 0 aliphatic carbocycles. The summed E-state index contributed by atoms with van der Waals surface area (Å²) in [7, 11) is 1.85. The van der Waals surface area contributed by atoms with Crippen molar-refractivity contribution in [3.8, 4) is 23.8 Å². The van der Waals surface area contributed by atoms with Gasteiger partial charge in [0.25, 0.3) is 0 Å². The summed E-state index contributed by atoms with van der Waals surface area (Å²) in [5.41, 5.74) is 0.922. The summed E-state index contributed by atoms with van der Waals surface area (Å²) in [6, 6.07) is 5.18. The number of aliphatic carboxylic acids is 1. The molecule has 170 valence electrons. The van der Waals surface area contributed by atoms with Crippen LogP contribution in [0.4, 0.5) is 0 Å². The van der Waals surface area contributed by atoms with Crippen LogP contribution in [0.15, 0.2) is 18.2 Å². The Labute approximate surface area is 185 Å². The van der Waals surface area contributed by atoms with Crippen molar-refractivity contribution in [3.63, 3.8) is 0 Å². The lowest BCUT2D eigenvalue weighted by Crippen LogP contribution is -2.32. The summed E-state index contributed by atoms with van der Waals surface area (Å²) in [6.07, 6.45) is 11.0. The number of carboxylic acid groups (broad SMARTS) is 1. The summed E-state index contributed by atoms with van der Waals surface area (Å²) in [6.45, 7) is 6.97. The molecule has 31 heavy (non-hydrogen) atoms. The Hall–Kier alpha value is -2.72. The van der Waals surface area contributed by atoms with E-state index in [1.807, 2.05) is 35.0 Å². The van der Waals surface area contributed by atoms with Gasteiger partial charge in [-0.25, -0.2) is 0 Å². The van der Waals surface area contributed by atoms with E-state index >= 15 is 0 Å². The molecule has 1 N–H and O–H groups in total. The van der Waals surface area contributed by atoms with E-state index < -0.39 is 11.9 Å². The van der Waals surface area contributed by atoms with E-state index in [0.717, 1.165) is 50.7 Å². The third-order valence-corrected chi connectivity index (χ3v) is 5.76. The normalized spacial score (nSPS) is 21.7. The zero-order chi connectivity index (χ0) is 22.8. The Morgan fingerprint density at radius 2 is 1.90 bits per heavy atom. The average molecular weight is 431 g/mol. The molecule has 1 aromatic rings. The van der Waals surface area contributed by atoms with E-state index in [9.17, 15) is 14.7 Å². The molecule has 3 unspecified atom stereocenters. The van der Waals surface area contributed by atoms with Gasteiger partial charge in [-0.15, -0.1) is 6.42 Å². The van der Waals surface area contributed by atoms with Crippen LogP contribution in [0.1, 0.15) is 51.0 Å². The van der Waals surface area contributed by atoms with Crippen molar-refractivity contribution >= 4 is 12.4 Å². The van der Waals surface area contributed by atoms with Crippen molar-refractivity contribution < 1.29 is 24.2 Å². The number of benzene rings is 1. The minimum absolute atomic E-state index is 0.145. The third kappa shape index (κ3) is 6.38. The van der Waals surface area contributed by atoms with Gasteiger partial charge >= 0.3 is 5.97 Å². The Morgan fingerprint density at radius 3 is 2.45 bits per heavy atom. The van der Waals surface area contributed by atoms with Crippen LogP contribution in [0.2, 0.25) is 0 Å². The van der Waals surface area contributed by atoms with Crippen molar-refractivity contribution in [1.29, 1.82) is 0 Å². The minimum Gasteiger partial charge on any atom is -0.481 e. The second kappa shape index (κ2) is 12.2. The summed E-state index contributed by atoms with van der Waals surface area (Å²) >= 11 is 0. The third-order valence-electron chi connectivity index (χ3n) is 5.76. The number of carbonyl (C=O) groups excluding carboxylic acids is 1. The zero-order valence-electron chi connectivity index (χ0n) is 18.8. The van der Waals surface area contributed by atoms with Gasteiger partial charge in [0.05, 0.1) is 12.0 Å². The standard InChI is InChI=1S/C15H15NO4.C9H19NO/c1-3-11-14(15(17)18)10(7-16(11)2)9-4-5-12-13(6-9)20-8-19-12;1-3-5-7-10(9-11)8-6-4-2/h1,4-6,10-11,14H,7-8H2,2H3,(H,17,18);9H,3-8H2,1-2H3. The van der Waals surface area contributed by atoms with Crippen molar-refractivity contribution in [1.82, 2.24) is 9.80 Å². The van der Waals surface area contributed by atoms with Gasteiger partial charge < -0.3 is 19.5 Å². The highest BCUT2D eigenvalue weighted by Crippen LogP contribution is 2.41. The molecule has 1 saturated heterocycles. The minimum atomic E-state index is -0.861. The molecule has 0 saturated carbocycles. The second-order valence-electron chi connectivity index (χ2n) is 7.98. The number of carbonyl (C=O) groups is 2. The molecule has 1 amide bonds. The molecule has 0 radical (unpaired) electrons. The number of hydrogen-bond donors (Lipinski definition) is 1. The predicted octanol–water partition coefficient (Wildman–Crippen LogP) is 3.19. The van der Waals surface area contributed by atoms with Gasteiger partial charge in [-0.2, -0.15) is 0 Å². The van der Waals surface area contributed by atoms with Gasteiger partial charge in [-0.1, -0.05) is 38.7 Å². The van der Waals surface area contributed by atoms with Crippen molar-refractivity contribution in [2.24, 2.45) is 5.92 Å². The highest BCUT2D eigenvalue weighted by molar-refractivity contribution is 5.74. The highest BCUT2D eigenvalue weighted by Gasteiger charge is 2.44. The van der Waals surface area contributed by atoms with Crippen LogP contribution < -0.4 is 9.47 Å². The molecule has 2 heterocycles. The van der Waals surface area contributed by atoms with Crippen molar-refractivity contribution in [2.75, 3.05) is 33.5 Å². The zero-order valence-corrected chi connectivity index (χ0v) is 18.8. The van der Waals surface area contributed by atoms with Crippen LogP contribution in [0, 0.1) is 18.3 Å². The molecule has 7 nitrogen and oxygen atoms in total. The number of nitrogens with zero attached hydrogens (tertiary/aromatic N) is 2. The largest absolute Gasteiger partial charge is 0.481 e. The lowest BCUT2D eigenvalue weighted by atomic mass is 9.85. The molecule has 2 aliphatic heterocycles. The molecule has 3 rings (SSSR count). The maximum atomic E-state index is 11.6. The number of likely N-dealkylation sites (N-methyl/N-ethyl adjacent to an activating group) is 1. The Balaban J connectivity index is 0.000000267. The first kappa shape index (κ1) is 24.5. The Kier molecular flexibility index (Phi) is 9.67. The monoisotopic (exact) mass is 430 g/mol. The average Bonchev–Trinajstić information content (AvgIpc) is 3.37. The van der Waals surface area contributed by atoms with Gasteiger partial charge in [-0.3, -0.25) is 14.5 Å². The number of rotatable bonds is 9. The topological polar surface area (TPSA) is 79.3 Å². The number of ether oxygens (including phenoxy) is 2. The van der Waals surface area contributed by atoms with Crippen LogP contribution in [0.5, 0.6) is 11.5 Å². The molecular formula is C24H34N2O5. The molecule has 0 spiro atoms. The van der Waals surface area contributed by atoms with Gasteiger partial charge in [0.2, 0.25) is 13.2 Å². The maximum Gasteiger partial charge on any atom is 0.309 e. The molecule has 7 heteroatoms. The number of carboxylic acids is 1. The highest BCUT2D eigenvalue weighted by atomic mass is 16.7. The first-order chi connectivity index (χ1) is 15.0. The van der Waals surface area contributed by atoms with E-state index in [1.54, 1.807) is 0 Å². The van der Waals surface area contributed by atoms with Gasteiger partial charge in [0.1, 0.15) is 0 Å². The Morgan fingerprint density at radius 1 is 1.26 bits per heavy atom. The van der Waals surface area contributed by atoms with E-state index in [4.69, 9.17) is 15.9 Å². The molecule has 1 fully saturated rings. The Bertz CT molecular complexity index is 768. The fourth-order valence-electron chi connectivity index (χ4n) is 3.97. The van der Waals surface area contributed by atoms with E-state index in [1.165, 1.54) is 0 Å². The molecule has 2 aliphatic rings. The molecule has 0 aromatic heterocycles. The number of hydrogen-bond acceptors (Lipinski definition) is 5. The fourth-order valence-corrected chi connectivity index (χ4v) is 3.97. The van der Waals surface area contributed by atoms with Crippen molar-refractivity contribution in [3.05, 3.63) is 23.8 Å². The fraction of sp³-hybridized carbons (Fsp3) is 0.583. The van der Waals surface area contributed by atoms with Crippen LogP contribution in [0.3, 0.4) is 0 Å².